The molecule has 1 fully saturated rings. The third kappa shape index (κ3) is 2.69. The van der Waals surface area contributed by atoms with Gasteiger partial charge in [0.05, 0.1) is 11.5 Å². The van der Waals surface area contributed by atoms with Crippen molar-refractivity contribution in [1.29, 1.82) is 0 Å². The van der Waals surface area contributed by atoms with Gasteiger partial charge in [-0.2, -0.15) is 5.10 Å². The molecule has 6 heteroatoms. The Bertz CT molecular complexity index is 478. The predicted molar refractivity (Wildman–Crippen MR) is 59.1 cm³/mol. The van der Waals surface area contributed by atoms with Crippen molar-refractivity contribution in [3.05, 3.63) is 17.5 Å². The second kappa shape index (κ2) is 4.37. The molecule has 1 aromatic rings. The van der Waals surface area contributed by atoms with Crippen LogP contribution in [0, 0.1) is 5.92 Å². The monoisotopic (exact) mass is 242 g/mol. The summed E-state index contributed by atoms with van der Waals surface area (Å²) < 4.78 is 22.9. The van der Waals surface area contributed by atoms with Crippen molar-refractivity contribution < 1.29 is 13.2 Å². The lowest BCUT2D eigenvalue weighted by molar-refractivity contribution is 0.111. The molecule has 0 aliphatic carbocycles. The maximum absolute atomic E-state index is 11.4. The van der Waals surface area contributed by atoms with Crippen LogP contribution in [-0.2, 0) is 16.3 Å². The Morgan fingerprint density at radius 3 is 3.00 bits per heavy atom. The Hall–Kier alpha value is -1.17. The van der Waals surface area contributed by atoms with Crippen LogP contribution in [0.1, 0.15) is 29.0 Å². The molecular weight excluding hydrogens is 228 g/mol. The van der Waals surface area contributed by atoms with Crippen molar-refractivity contribution in [1.82, 2.24) is 10.2 Å². The van der Waals surface area contributed by atoms with E-state index >= 15 is 0 Å². The number of aromatic nitrogens is 2. The summed E-state index contributed by atoms with van der Waals surface area (Å²) in [5.74, 6) is 0.716. The molecule has 0 aromatic carbocycles. The van der Waals surface area contributed by atoms with Crippen molar-refractivity contribution in [2.45, 2.75) is 19.3 Å². The number of aromatic amines is 1. The van der Waals surface area contributed by atoms with E-state index in [1.54, 1.807) is 6.07 Å². The van der Waals surface area contributed by atoms with E-state index in [4.69, 9.17) is 0 Å². The molecule has 88 valence electrons. The van der Waals surface area contributed by atoms with Gasteiger partial charge in [-0.1, -0.05) is 0 Å². The second-order valence-electron chi connectivity index (χ2n) is 4.26. The summed E-state index contributed by atoms with van der Waals surface area (Å²) in [7, 11) is -2.85. The quantitative estimate of drug-likeness (QED) is 0.787. The Kier molecular flexibility index (Phi) is 3.09. The molecule has 1 aromatic heterocycles. The molecule has 5 nitrogen and oxygen atoms in total. The first-order chi connectivity index (χ1) is 7.59. The van der Waals surface area contributed by atoms with E-state index < -0.39 is 9.84 Å². The van der Waals surface area contributed by atoms with Gasteiger partial charge in [-0.25, -0.2) is 8.42 Å². The smallest absolute Gasteiger partial charge is 0.170 e. The molecule has 0 radical (unpaired) electrons. The van der Waals surface area contributed by atoms with Crippen LogP contribution in [0.2, 0.25) is 0 Å². The van der Waals surface area contributed by atoms with Gasteiger partial charge in [0, 0.05) is 5.69 Å². The van der Waals surface area contributed by atoms with Gasteiger partial charge in [0.1, 0.15) is 5.69 Å². The minimum atomic E-state index is -2.85. The molecule has 1 aliphatic heterocycles. The van der Waals surface area contributed by atoms with E-state index in [-0.39, 0.29) is 11.7 Å². The number of carbonyl (C=O) groups is 1. The van der Waals surface area contributed by atoms with Crippen LogP contribution in [0.3, 0.4) is 0 Å². The molecule has 2 rings (SSSR count). The van der Waals surface area contributed by atoms with Crippen LogP contribution in [0.4, 0.5) is 0 Å². The van der Waals surface area contributed by atoms with E-state index in [2.05, 4.69) is 10.2 Å². The average molecular weight is 242 g/mol. The molecule has 16 heavy (non-hydrogen) atoms. The van der Waals surface area contributed by atoms with E-state index in [0.717, 1.165) is 18.5 Å². The highest BCUT2D eigenvalue weighted by Gasteiger charge is 2.25. The Morgan fingerprint density at radius 2 is 2.38 bits per heavy atom. The summed E-state index contributed by atoms with van der Waals surface area (Å²) in [5.41, 5.74) is 1.21. The zero-order chi connectivity index (χ0) is 11.6. The lowest BCUT2D eigenvalue weighted by Crippen LogP contribution is -2.26. The molecule has 1 unspecified atom stereocenters. The SMILES string of the molecule is O=Cc1cc(CC2CCCS(=O)(=O)C2)[nH]n1. The number of aldehydes is 1. The summed E-state index contributed by atoms with van der Waals surface area (Å²) in [6, 6.07) is 1.67. The number of carbonyl (C=O) groups excluding carboxylic acids is 1. The molecular formula is C10H14N2O3S. The van der Waals surface area contributed by atoms with Gasteiger partial charge in [0.15, 0.2) is 16.1 Å². The van der Waals surface area contributed by atoms with Gasteiger partial charge in [-0.3, -0.25) is 9.89 Å². The van der Waals surface area contributed by atoms with Crippen molar-refractivity contribution in [2.75, 3.05) is 11.5 Å². The molecule has 0 amide bonds. The number of hydrogen-bond acceptors (Lipinski definition) is 4. The molecule has 1 aliphatic rings. The second-order valence-corrected chi connectivity index (χ2v) is 6.49. The lowest BCUT2D eigenvalue weighted by Gasteiger charge is -2.20. The van der Waals surface area contributed by atoms with Crippen LogP contribution in [-0.4, -0.2) is 36.4 Å². The van der Waals surface area contributed by atoms with E-state index in [1.165, 1.54) is 0 Å². The highest BCUT2D eigenvalue weighted by atomic mass is 32.2. The Labute approximate surface area is 94.2 Å². The summed E-state index contributed by atoms with van der Waals surface area (Å²) in [5, 5.41) is 6.55. The Balaban J connectivity index is 2.01. The zero-order valence-corrected chi connectivity index (χ0v) is 9.66. The summed E-state index contributed by atoms with van der Waals surface area (Å²) in [6.07, 6.45) is 2.99. The minimum absolute atomic E-state index is 0.152. The van der Waals surface area contributed by atoms with Gasteiger partial charge in [0.25, 0.3) is 0 Å². The molecule has 0 bridgehead atoms. The maximum atomic E-state index is 11.4. The Morgan fingerprint density at radius 1 is 1.56 bits per heavy atom. The van der Waals surface area contributed by atoms with Crippen LogP contribution in [0.25, 0.3) is 0 Å². The average Bonchev–Trinajstić information content (AvgIpc) is 2.64. The van der Waals surface area contributed by atoms with E-state index in [0.29, 0.717) is 24.2 Å². The van der Waals surface area contributed by atoms with Crippen molar-refractivity contribution >= 4 is 16.1 Å². The number of H-pyrrole nitrogens is 1. The molecule has 1 saturated heterocycles. The van der Waals surface area contributed by atoms with Gasteiger partial charge >= 0.3 is 0 Å². The molecule has 2 heterocycles. The molecule has 0 saturated carbocycles. The number of nitrogens with zero attached hydrogens (tertiary/aromatic N) is 1. The van der Waals surface area contributed by atoms with Gasteiger partial charge < -0.3 is 0 Å². The first-order valence-corrected chi connectivity index (χ1v) is 7.11. The molecule has 1 N–H and O–H groups in total. The maximum Gasteiger partial charge on any atom is 0.170 e. The number of rotatable bonds is 3. The zero-order valence-electron chi connectivity index (χ0n) is 8.85. The van der Waals surface area contributed by atoms with Crippen molar-refractivity contribution in [3.8, 4) is 0 Å². The topological polar surface area (TPSA) is 79.9 Å². The van der Waals surface area contributed by atoms with E-state index in [9.17, 15) is 13.2 Å². The van der Waals surface area contributed by atoms with Crippen LogP contribution >= 0.6 is 0 Å². The predicted octanol–water partition coefficient (Wildman–Crippen LogP) is 0.589. The van der Waals surface area contributed by atoms with Gasteiger partial charge in [0.2, 0.25) is 0 Å². The summed E-state index contributed by atoms with van der Waals surface area (Å²) >= 11 is 0. The fourth-order valence-electron chi connectivity index (χ4n) is 2.13. The van der Waals surface area contributed by atoms with Crippen LogP contribution < -0.4 is 0 Å². The van der Waals surface area contributed by atoms with Gasteiger partial charge in [-0.05, 0) is 31.2 Å². The third-order valence-electron chi connectivity index (χ3n) is 2.84. The third-order valence-corrected chi connectivity index (χ3v) is 4.73. The fourth-order valence-corrected chi connectivity index (χ4v) is 3.91. The number of nitrogens with one attached hydrogen (secondary N) is 1. The highest BCUT2D eigenvalue weighted by molar-refractivity contribution is 7.91. The van der Waals surface area contributed by atoms with Crippen molar-refractivity contribution in [3.63, 3.8) is 0 Å². The molecule has 0 spiro atoms. The van der Waals surface area contributed by atoms with Crippen molar-refractivity contribution in [2.24, 2.45) is 5.92 Å². The first-order valence-electron chi connectivity index (χ1n) is 5.29. The minimum Gasteiger partial charge on any atom is -0.296 e. The van der Waals surface area contributed by atoms with Crippen LogP contribution in [0.15, 0.2) is 6.07 Å². The largest absolute Gasteiger partial charge is 0.296 e. The lowest BCUT2D eigenvalue weighted by atomic mass is 9.99. The first kappa shape index (κ1) is 11.3. The van der Waals surface area contributed by atoms with Gasteiger partial charge in [-0.15, -0.1) is 0 Å². The summed E-state index contributed by atoms with van der Waals surface area (Å²) in [6.45, 7) is 0. The fraction of sp³-hybridized carbons (Fsp3) is 0.600. The highest BCUT2D eigenvalue weighted by Crippen LogP contribution is 2.21. The normalized spacial score (nSPS) is 24.1. The standard InChI is InChI=1S/C10H14N2O3S/c13-6-10-5-9(11-12-10)4-8-2-1-3-16(14,15)7-8/h5-6,8H,1-4,7H2,(H,11,12). The van der Waals surface area contributed by atoms with Crippen LogP contribution in [0.5, 0.6) is 0 Å². The molecule has 1 atom stereocenters. The van der Waals surface area contributed by atoms with E-state index in [1.807, 2.05) is 0 Å². The number of hydrogen-bond donors (Lipinski definition) is 1. The summed E-state index contributed by atoms with van der Waals surface area (Å²) in [4.78, 5) is 10.4. The number of sulfone groups is 1.